The lowest BCUT2D eigenvalue weighted by atomic mass is 9.99. The van der Waals surface area contributed by atoms with Gasteiger partial charge in [0.05, 0.1) is 17.4 Å². The Labute approximate surface area is 125 Å². The van der Waals surface area contributed by atoms with E-state index < -0.39 is 16.8 Å². The summed E-state index contributed by atoms with van der Waals surface area (Å²) in [4.78, 5) is 34.4. The highest BCUT2D eigenvalue weighted by Gasteiger charge is 2.27. The number of piperidine rings is 1. The van der Waals surface area contributed by atoms with Crippen molar-refractivity contribution in [2.45, 2.75) is 19.4 Å². The molecule has 2 N–H and O–H groups in total. The number of nitrogens with zero attached hydrogens (tertiary/aromatic N) is 4. The lowest BCUT2D eigenvalue weighted by Crippen LogP contribution is -2.47. The summed E-state index contributed by atoms with van der Waals surface area (Å²) >= 11 is 0. The van der Waals surface area contributed by atoms with Crippen LogP contribution in [0.15, 0.2) is 12.4 Å². The first-order chi connectivity index (χ1) is 10.5. The van der Waals surface area contributed by atoms with E-state index in [1.54, 1.807) is 0 Å². The summed E-state index contributed by atoms with van der Waals surface area (Å²) in [5, 5.41) is 26.0. The van der Waals surface area contributed by atoms with Gasteiger partial charge < -0.3 is 15.3 Å². The van der Waals surface area contributed by atoms with Crippen molar-refractivity contribution in [3.8, 4) is 0 Å². The summed E-state index contributed by atoms with van der Waals surface area (Å²) < 4.78 is 1.37. The fourth-order valence-electron chi connectivity index (χ4n) is 2.32. The van der Waals surface area contributed by atoms with Gasteiger partial charge in [-0.3, -0.25) is 19.6 Å². The minimum Gasteiger partial charge on any atom is -0.481 e. The van der Waals surface area contributed by atoms with Crippen LogP contribution in [0.25, 0.3) is 0 Å². The summed E-state index contributed by atoms with van der Waals surface area (Å²) in [6.45, 7) is 1.29. The number of urea groups is 1. The topological polar surface area (TPSA) is 131 Å². The summed E-state index contributed by atoms with van der Waals surface area (Å²) in [6.07, 6.45) is 3.67. The Morgan fingerprint density at radius 1 is 1.55 bits per heavy atom. The molecule has 1 fully saturated rings. The normalized spacial score (nSPS) is 18.0. The molecule has 0 spiro atoms. The third kappa shape index (κ3) is 3.93. The van der Waals surface area contributed by atoms with Gasteiger partial charge in [0.25, 0.3) is 0 Å². The fourth-order valence-corrected chi connectivity index (χ4v) is 2.32. The predicted molar refractivity (Wildman–Crippen MR) is 74.2 cm³/mol. The average molecular weight is 311 g/mol. The third-order valence-electron chi connectivity index (χ3n) is 3.51. The van der Waals surface area contributed by atoms with Gasteiger partial charge in [-0.25, -0.2) is 4.79 Å². The maximum absolute atomic E-state index is 12.0. The average Bonchev–Trinajstić information content (AvgIpc) is 2.96. The minimum absolute atomic E-state index is 0.105. The maximum atomic E-state index is 12.0. The van der Waals surface area contributed by atoms with E-state index in [9.17, 15) is 19.7 Å². The molecule has 0 bridgehead atoms. The number of aromatic nitrogens is 2. The first-order valence-electron chi connectivity index (χ1n) is 6.90. The van der Waals surface area contributed by atoms with E-state index in [1.807, 2.05) is 0 Å². The van der Waals surface area contributed by atoms with Crippen molar-refractivity contribution in [2.24, 2.45) is 5.92 Å². The minimum atomic E-state index is -0.888. The molecule has 0 radical (unpaired) electrons. The van der Waals surface area contributed by atoms with Gasteiger partial charge >= 0.3 is 17.7 Å². The van der Waals surface area contributed by atoms with Crippen LogP contribution in [0, 0.1) is 16.0 Å². The van der Waals surface area contributed by atoms with Crippen LogP contribution in [-0.4, -0.2) is 56.3 Å². The zero-order valence-electron chi connectivity index (χ0n) is 11.8. The number of carbonyl (C=O) groups is 2. The molecule has 2 rings (SSSR count). The monoisotopic (exact) mass is 311 g/mol. The van der Waals surface area contributed by atoms with Crippen LogP contribution in [0.5, 0.6) is 0 Å². The van der Waals surface area contributed by atoms with E-state index in [1.165, 1.54) is 15.8 Å². The van der Waals surface area contributed by atoms with Crippen molar-refractivity contribution < 1.29 is 19.6 Å². The van der Waals surface area contributed by atoms with Crippen molar-refractivity contribution >= 4 is 17.7 Å². The molecule has 1 aromatic heterocycles. The van der Waals surface area contributed by atoms with Crippen LogP contribution >= 0.6 is 0 Å². The Balaban J connectivity index is 1.77. The Hall–Kier alpha value is -2.65. The Morgan fingerprint density at radius 3 is 2.95 bits per heavy atom. The highest BCUT2D eigenvalue weighted by atomic mass is 16.6. The van der Waals surface area contributed by atoms with Crippen LogP contribution in [0.4, 0.5) is 10.5 Å². The zero-order valence-corrected chi connectivity index (χ0v) is 11.8. The van der Waals surface area contributed by atoms with E-state index in [0.717, 1.165) is 6.20 Å². The number of amides is 2. The molecule has 1 aliphatic rings. The Kier molecular flexibility index (Phi) is 4.92. The number of nitro groups is 1. The number of hydrogen-bond donors (Lipinski definition) is 2. The van der Waals surface area contributed by atoms with Crippen LogP contribution in [0.1, 0.15) is 12.8 Å². The van der Waals surface area contributed by atoms with E-state index in [2.05, 4.69) is 10.4 Å². The lowest BCUT2D eigenvalue weighted by molar-refractivity contribution is -0.385. The maximum Gasteiger partial charge on any atom is 0.317 e. The molecule has 1 atom stereocenters. The van der Waals surface area contributed by atoms with Gasteiger partial charge in [-0.15, -0.1) is 0 Å². The molecule has 0 saturated carbocycles. The summed E-state index contributed by atoms with van der Waals surface area (Å²) in [7, 11) is 0. The Morgan fingerprint density at radius 2 is 2.32 bits per heavy atom. The number of carboxylic acids is 1. The number of carboxylic acid groups (broad SMARTS) is 1. The molecule has 0 aliphatic carbocycles. The van der Waals surface area contributed by atoms with Crippen LogP contribution in [0.2, 0.25) is 0 Å². The zero-order chi connectivity index (χ0) is 16.1. The molecular formula is C12H17N5O5. The third-order valence-corrected chi connectivity index (χ3v) is 3.51. The second-order valence-corrected chi connectivity index (χ2v) is 5.07. The van der Waals surface area contributed by atoms with Crippen molar-refractivity contribution in [3.05, 3.63) is 22.5 Å². The number of carbonyl (C=O) groups excluding carboxylic acids is 1. The van der Waals surface area contributed by atoms with Gasteiger partial charge in [0.2, 0.25) is 0 Å². The lowest BCUT2D eigenvalue weighted by Gasteiger charge is -2.30. The number of likely N-dealkylation sites (tertiary alicyclic amines) is 1. The standard InChI is InChI=1S/C12H17N5O5/c18-11(19)9-2-1-4-15(7-9)12(20)13-3-5-16-8-10(6-14-16)17(21)22/h6,8-9H,1-5,7H2,(H,13,20)(H,18,19). The highest BCUT2D eigenvalue weighted by molar-refractivity contribution is 5.76. The van der Waals surface area contributed by atoms with E-state index in [-0.39, 0.29) is 24.8 Å². The van der Waals surface area contributed by atoms with Gasteiger partial charge in [0.1, 0.15) is 12.4 Å². The highest BCUT2D eigenvalue weighted by Crippen LogP contribution is 2.16. The predicted octanol–water partition coefficient (Wildman–Crippen LogP) is 0.298. The summed E-state index contributed by atoms with van der Waals surface area (Å²) in [6, 6.07) is -0.326. The van der Waals surface area contributed by atoms with Gasteiger partial charge in [0.15, 0.2) is 0 Å². The molecule has 1 saturated heterocycles. The van der Waals surface area contributed by atoms with E-state index in [4.69, 9.17) is 5.11 Å². The SMILES string of the molecule is O=C(O)C1CCCN(C(=O)NCCn2cc([N+](=O)[O-])cn2)C1. The quantitative estimate of drug-likeness (QED) is 0.594. The Bertz CT molecular complexity index is 572. The van der Waals surface area contributed by atoms with Gasteiger partial charge in [-0.1, -0.05) is 0 Å². The molecule has 22 heavy (non-hydrogen) atoms. The molecular weight excluding hydrogens is 294 g/mol. The molecule has 1 unspecified atom stereocenters. The van der Waals surface area contributed by atoms with Gasteiger partial charge in [-0.2, -0.15) is 5.10 Å². The van der Waals surface area contributed by atoms with E-state index in [0.29, 0.717) is 25.9 Å². The molecule has 2 amide bonds. The number of hydrogen-bond acceptors (Lipinski definition) is 5. The largest absolute Gasteiger partial charge is 0.481 e. The second kappa shape index (κ2) is 6.87. The van der Waals surface area contributed by atoms with Gasteiger partial charge in [-0.05, 0) is 12.8 Å². The molecule has 1 aliphatic heterocycles. The van der Waals surface area contributed by atoms with Crippen molar-refractivity contribution in [1.82, 2.24) is 20.0 Å². The fraction of sp³-hybridized carbons (Fsp3) is 0.583. The van der Waals surface area contributed by atoms with Gasteiger partial charge in [0, 0.05) is 19.6 Å². The smallest absolute Gasteiger partial charge is 0.317 e. The molecule has 1 aromatic rings. The van der Waals surface area contributed by atoms with Crippen LogP contribution in [-0.2, 0) is 11.3 Å². The molecule has 10 heteroatoms. The first kappa shape index (κ1) is 15.7. The van der Waals surface area contributed by atoms with E-state index >= 15 is 0 Å². The second-order valence-electron chi connectivity index (χ2n) is 5.07. The molecule has 0 aromatic carbocycles. The van der Waals surface area contributed by atoms with Crippen molar-refractivity contribution in [2.75, 3.05) is 19.6 Å². The van der Waals surface area contributed by atoms with Crippen molar-refractivity contribution in [3.63, 3.8) is 0 Å². The number of rotatable bonds is 5. The first-order valence-corrected chi connectivity index (χ1v) is 6.90. The molecule has 120 valence electrons. The molecule has 2 heterocycles. The van der Waals surface area contributed by atoms with Crippen LogP contribution in [0.3, 0.4) is 0 Å². The van der Waals surface area contributed by atoms with Crippen LogP contribution < -0.4 is 5.32 Å². The molecule has 10 nitrogen and oxygen atoms in total. The summed E-state index contributed by atoms with van der Waals surface area (Å²) in [5.74, 6) is -1.41. The summed E-state index contributed by atoms with van der Waals surface area (Å²) in [5.41, 5.74) is -0.105. The number of aliphatic carboxylic acids is 1. The van der Waals surface area contributed by atoms with Crippen molar-refractivity contribution in [1.29, 1.82) is 0 Å². The number of nitrogens with one attached hydrogen (secondary N) is 1.